The summed E-state index contributed by atoms with van der Waals surface area (Å²) in [7, 11) is 0. The van der Waals surface area contributed by atoms with Gasteiger partial charge in [-0.1, -0.05) is 0 Å². The van der Waals surface area contributed by atoms with E-state index in [1.165, 1.54) is 0 Å². The van der Waals surface area contributed by atoms with E-state index in [4.69, 9.17) is 33.2 Å². The fourth-order valence-electron chi connectivity index (χ4n) is 7.05. The van der Waals surface area contributed by atoms with E-state index in [0.717, 1.165) is 13.8 Å². The van der Waals surface area contributed by atoms with E-state index in [-0.39, 0.29) is 0 Å². The minimum atomic E-state index is -3.12. The first kappa shape index (κ1) is 47.3. The Labute approximate surface area is 322 Å². The van der Waals surface area contributed by atoms with Crippen molar-refractivity contribution in [1.29, 1.82) is 0 Å². The Morgan fingerprint density at radius 3 is 1.75 bits per heavy atom. The van der Waals surface area contributed by atoms with Crippen molar-refractivity contribution in [2.24, 2.45) is 0 Å². The first-order valence-corrected chi connectivity index (χ1v) is 17.7. The molecule has 0 aromatic carbocycles. The van der Waals surface area contributed by atoms with Crippen LogP contribution in [0, 0.1) is 0 Å². The molecule has 4 aliphatic rings. The summed E-state index contributed by atoms with van der Waals surface area (Å²) >= 11 is 0. The number of hydrogen-bond donors (Lipinski definition) is 16. The van der Waals surface area contributed by atoms with Crippen LogP contribution >= 0.6 is 0 Å². The van der Waals surface area contributed by atoms with Crippen molar-refractivity contribution >= 4 is 17.8 Å². The van der Waals surface area contributed by atoms with Crippen molar-refractivity contribution in [3.63, 3.8) is 0 Å². The maximum Gasteiger partial charge on any atom is 0.364 e. The summed E-state index contributed by atoms with van der Waals surface area (Å²) in [6.07, 6.45) is -36.2. The number of carbonyl (C=O) groups excluding carboxylic acids is 2. The van der Waals surface area contributed by atoms with Gasteiger partial charge in [0, 0.05) is 20.3 Å². The molecule has 16 N–H and O–H groups in total. The normalized spacial score (nSPS) is 45.1. The highest BCUT2D eigenvalue weighted by Crippen LogP contribution is 2.39. The highest BCUT2D eigenvalue weighted by Gasteiger charge is 2.60. The molecule has 0 bridgehead atoms. The number of amides is 2. The lowest BCUT2D eigenvalue weighted by molar-refractivity contribution is -0.386. The Morgan fingerprint density at radius 1 is 0.684 bits per heavy atom. The predicted molar refractivity (Wildman–Crippen MR) is 174 cm³/mol. The molecule has 26 heteroatoms. The Balaban J connectivity index is 1.63. The van der Waals surface area contributed by atoms with Crippen LogP contribution in [0.3, 0.4) is 0 Å². The molecule has 57 heavy (non-hydrogen) atoms. The highest BCUT2D eigenvalue weighted by molar-refractivity contribution is 5.76. The number of aliphatic carboxylic acids is 1. The number of carboxylic acids is 1. The second-order valence-corrected chi connectivity index (χ2v) is 14.0. The Morgan fingerprint density at radius 2 is 1.21 bits per heavy atom. The summed E-state index contributed by atoms with van der Waals surface area (Å²) in [4.78, 5) is 36.9. The van der Waals surface area contributed by atoms with Crippen molar-refractivity contribution in [3.8, 4) is 0 Å². The summed E-state index contributed by atoms with van der Waals surface area (Å²) in [6, 6.07) is -3.30. The van der Waals surface area contributed by atoms with Gasteiger partial charge in [-0.25, -0.2) is 4.79 Å². The molecule has 2 amide bonds. The van der Waals surface area contributed by atoms with Crippen LogP contribution in [0.5, 0.6) is 0 Å². The second kappa shape index (κ2) is 19.8. The Bertz CT molecular complexity index is 1350. The van der Waals surface area contributed by atoms with Crippen LogP contribution in [0.25, 0.3) is 0 Å². The number of rotatable bonds is 15. The molecule has 4 aliphatic heterocycles. The largest absolute Gasteiger partial charge is 0.477 e. The maximum atomic E-state index is 12.8. The monoisotopic (exact) mass is 836 g/mol. The molecule has 0 aromatic heterocycles. The van der Waals surface area contributed by atoms with Gasteiger partial charge in [-0.15, -0.1) is 0 Å². The van der Waals surface area contributed by atoms with Gasteiger partial charge in [-0.05, 0) is 0 Å². The minimum Gasteiger partial charge on any atom is -0.477 e. The van der Waals surface area contributed by atoms with Gasteiger partial charge in [0.05, 0.1) is 38.6 Å². The van der Waals surface area contributed by atoms with E-state index >= 15 is 0 Å². The number of ether oxygens (including phenoxy) is 7. The van der Waals surface area contributed by atoms with Crippen molar-refractivity contribution in [2.75, 3.05) is 26.4 Å². The van der Waals surface area contributed by atoms with Crippen molar-refractivity contribution in [1.82, 2.24) is 10.6 Å². The second-order valence-electron chi connectivity index (χ2n) is 14.0. The van der Waals surface area contributed by atoms with Crippen molar-refractivity contribution < 1.29 is 119 Å². The van der Waals surface area contributed by atoms with Gasteiger partial charge >= 0.3 is 5.97 Å². The van der Waals surface area contributed by atoms with Gasteiger partial charge in [0.15, 0.2) is 18.9 Å². The Hall–Kier alpha value is -2.39. The molecule has 4 fully saturated rings. The number of nitrogens with one attached hydrogen (secondary N) is 2. The van der Waals surface area contributed by atoms with E-state index in [1.807, 2.05) is 0 Å². The predicted octanol–water partition coefficient (Wildman–Crippen LogP) is -10.3. The van der Waals surface area contributed by atoms with E-state index in [2.05, 4.69) is 10.6 Å². The molecular weight excluding hydrogens is 784 g/mol. The summed E-state index contributed by atoms with van der Waals surface area (Å²) in [5.74, 6) is -6.74. The minimum absolute atomic E-state index is 0.787. The zero-order valence-electron chi connectivity index (χ0n) is 30.4. The SMILES string of the molecule is CC(=O)N[C@H]1[C@H](O[C@H]2[C@@H](O)[C@@H](CO)OC(O)[C@@H]2O)O[C@H](CO)[C@@H](O[C@@H]2O[C@H](CO)[C@H](O)[C@H](OC3(C(=O)O)C[C@H](O)[C@@H](NC(C)=O)[C@H]([C@H](O)[C@H](O)CO)O3)[C@H]2O)[C@@H]1O. The molecule has 4 rings (SSSR count). The molecule has 0 aromatic rings. The standard InChI is InChI=1S/C31H52N2O24/c1-8(38)32-15-10(40)3-31(30(49)50,56-24(15)17(42)11(41)4-34)57-26-19(44)13(6-36)52-29(22(26)47)54-23-14(7-37)53-28(16(20(23)45)33-9(2)39)55-25-18(43)12(5-35)51-27(48)21(25)46/h10-29,34-37,40-48H,3-7H2,1-2H3,(H,32,38)(H,33,39)(H,49,50)/t10-,11+,12+,13+,14+,15+,16+,17+,18-,19-,20+,21+,22+,23+,24+,25-,26-,27?,28-,29-,31?/m0/s1. The Kier molecular flexibility index (Phi) is 16.4. The molecule has 0 saturated carbocycles. The molecule has 0 aliphatic carbocycles. The van der Waals surface area contributed by atoms with Gasteiger partial charge in [0.1, 0.15) is 91.5 Å². The van der Waals surface area contributed by atoms with Crippen LogP contribution in [0.2, 0.25) is 0 Å². The summed E-state index contributed by atoms with van der Waals surface area (Å²) < 4.78 is 38.8. The molecule has 4 saturated heterocycles. The van der Waals surface area contributed by atoms with Gasteiger partial charge in [0.2, 0.25) is 11.8 Å². The topological polar surface area (TPSA) is 423 Å². The number of carbonyl (C=O) groups is 3. The molecular formula is C31H52N2O24. The summed E-state index contributed by atoms with van der Waals surface area (Å²) in [6.45, 7) is -1.98. The van der Waals surface area contributed by atoms with Gasteiger partial charge in [-0.2, -0.15) is 0 Å². The lowest BCUT2D eigenvalue weighted by atomic mass is 9.88. The number of aliphatic hydroxyl groups is 13. The molecule has 0 radical (unpaired) electrons. The molecule has 330 valence electrons. The quantitative estimate of drug-likeness (QED) is 0.0728. The number of carboxylic acid groups (broad SMARTS) is 1. The van der Waals surface area contributed by atoms with E-state index in [1.54, 1.807) is 0 Å². The molecule has 26 nitrogen and oxygen atoms in total. The maximum absolute atomic E-state index is 12.8. The average molecular weight is 837 g/mol. The molecule has 0 spiro atoms. The van der Waals surface area contributed by atoms with Crippen LogP contribution in [-0.2, 0) is 47.5 Å². The van der Waals surface area contributed by atoms with Crippen molar-refractivity contribution in [3.05, 3.63) is 0 Å². The van der Waals surface area contributed by atoms with E-state index in [9.17, 15) is 85.9 Å². The van der Waals surface area contributed by atoms with Crippen LogP contribution in [0.15, 0.2) is 0 Å². The van der Waals surface area contributed by atoms with E-state index in [0.29, 0.717) is 0 Å². The smallest absolute Gasteiger partial charge is 0.364 e. The fraction of sp³-hybridized carbons (Fsp3) is 0.903. The molecule has 21 atom stereocenters. The van der Waals surface area contributed by atoms with Gasteiger partial charge in [0.25, 0.3) is 5.79 Å². The van der Waals surface area contributed by atoms with Crippen LogP contribution in [0.1, 0.15) is 20.3 Å². The summed E-state index contributed by atoms with van der Waals surface area (Å²) in [5, 5.41) is 151. The third-order valence-corrected chi connectivity index (χ3v) is 9.98. The van der Waals surface area contributed by atoms with E-state index < -0.39 is 179 Å². The molecule has 2 unspecified atom stereocenters. The lowest BCUT2D eigenvalue weighted by Crippen LogP contribution is -2.71. The third kappa shape index (κ3) is 10.2. The summed E-state index contributed by atoms with van der Waals surface area (Å²) in [5.41, 5.74) is 0. The first-order chi connectivity index (χ1) is 26.7. The van der Waals surface area contributed by atoms with Gasteiger partial charge in [-0.3, -0.25) is 9.59 Å². The molecule has 4 heterocycles. The number of aliphatic hydroxyl groups excluding tert-OH is 13. The van der Waals surface area contributed by atoms with Crippen LogP contribution in [0.4, 0.5) is 0 Å². The zero-order chi connectivity index (χ0) is 42.7. The lowest BCUT2D eigenvalue weighted by Gasteiger charge is -2.51. The third-order valence-electron chi connectivity index (χ3n) is 9.98. The van der Waals surface area contributed by atoms with Crippen molar-refractivity contribution in [2.45, 2.75) is 149 Å². The number of hydrogen-bond acceptors (Lipinski definition) is 23. The van der Waals surface area contributed by atoms with Crippen LogP contribution in [-0.4, -0.2) is 244 Å². The van der Waals surface area contributed by atoms with Gasteiger partial charge < -0.3 is 115 Å². The zero-order valence-corrected chi connectivity index (χ0v) is 30.4. The average Bonchev–Trinajstić information content (AvgIpc) is 3.16. The fourth-order valence-corrected chi connectivity index (χ4v) is 7.05. The van der Waals surface area contributed by atoms with Crippen LogP contribution < -0.4 is 10.6 Å². The highest BCUT2D eigenvalue weighted by atomic mass is 16.8. The first-order valence-electron chi connectivity index (χ1n) is 17.7.